The van der Waals surface area contributed by atoms with Crippen molar-refractivity contribution in [1.82, 2.24) is 20.2 Å². The normalized spacial score (nSPS) is 15.4. The Morgan fingerprint density at radius 3 is 2.72 bits per heavy atom. The molecule has 1 aliphatic rings. The number of halogens is 1. The van der Waals surface area contributed by atoms with E-state index in [2.05, 4.69) is 44.1 Å². The Kier molecular flexibility index (Phi) is 8.81. The van der Waals surface area contributed by atoms with Crippen molar-refractivity contribution >= 4 is 33.6 Å². The van der Waals surface area contributed by atoms with E-state index < -0.39 is 0 Å². The molecule has 0 radical (unpaired) electrons. The number of carbonyl (C=O) groups is 1. The molecule has 1 aliphatic carbocycles. The minimum absolute atomic E-state index is 0.158. The zero-order valence-electron chi connectivity index (χ0n) is 19.2. The zero-order chi connectivity index (χ0) is 23.1. The number of imidazole rings is 1. The third kappa shape index (κ3) is 6.16. The quantitative estimate of drug-likeness (QED) is 0.334. The number of hydrogen-bond acceptors (Lipinski definition) is 6. The number of amides is 1. The number of hydrogen-bond donors (Lipinski definition) is 5. The largest absolute Gasteiger partial charge is 0.507 e. The molecule has 1 heterocycles. The van der Waals surface area contributed by atoms with Crippen molar-refractivity contribution in [1.29, 1.82) is 0 Å². The van der Waals surface area contributed by atoms with E-state index in [0.717, 1.165) is 18.4 Å². The standard InChI is InChI=1S/C23H35BrN6O2/c1-4-26-22(32)20-21(27-13-15(2)25-3)29-23(28-17-8-6-5-7-9-17)30(20)14-16-10-11-19(31)18(24)12-16/h10-12,15,17,25,27,31H,4-9,13-14H2,1-3H3,(H,26,32)(H,28,29)/t15-/m1/s1. The molecule has 9 heteroatoms. The van der Waals surface area contributed by atoms with E-state index >= 15 is 0 Å². The summed E-state index contributed by atoms with van der Waals surface area (Å²) in [5.41, 5.74) is 1.47. The first-order valence-electron chi connectivity index (χ1n) is 11.5. The van der Waals surface area contributed by atoms with Crippen LogP contribution in [-0.4, -0.2) is 52.8 Å². The lowest BCUT2D eigenvalue weighted by molar-refractivity contribution is 0.0948. The van der Waals surface area contributed by atoms with Crippen molar-refractivity contribution in [3.05, 3.63) is 33.9 Å². The first-order chi connectivity index (χ1) is 15.4. The molecule has 1 amide bonds. The van der Waals surface area contributed by atoms with Gasteiger partial charge in [0.1, 0.15) is 5.75 Å². The van der Waals surface area contributed by atoms with E-state index in [1.54, 1.807) is 6.07 Å². The highest BCUT2D eigenvalue weighted by molar-refractivity contribution is 9.10. The second-order valence-electron chi connectivity index (χ2n) is 8.41. The number of carbonyl (C=O) groups excluding carboxylic acids is 1. The summed E-state index contributed by atoms with van der Waals surface area (Å²) in [6.45, 7) is 5.62. The molecule has 3 rings (SSSR count). The molecule has 0 unspecified atom stereocenters. The van der Waals surface area contributed by atoms with E-state index in [0.29, 0.717) is 47.6 Å². The molecule has 1 fully saturated rings. The predicted octanol–water partition coefficient (Wildman–Crippen LogP) is 3.91. The Morgan fingerprint density at radius 1 is 1.31 bits per heavy atom. The fourth-order valence-electron chi connectivity index (χ4n) is 3.93. The molecule has 5 N–H and O–H groups in total. The first-order valence-corrected chi connectivity index (χ1v) is 12.3. The number of anilines is 2. The summed E-state index contributed by atoms with van der Waals surface area (Å²) in [6, 6.07) is 5.97. The number of aromatic hydroxyl groups is 1. The molecule has 1 saturated carbocycles. The maximum absolute atomic E-state index is 13.1. The van der Waals surface area contributed by atoms with Crippen molar-refractivity contribution < 1.29 is 9.90 Å². The number of aromatic nitrogens is 2. The van der Waals surface area contributed by atoms with E-state index in [4.69, 9.17) is 4.98 Å². The maximum atomic E-state index is 13.1. The maximum Gasteiger partial charge on any atom is 0.271 e. The molecule has 2 aromatic rings. The van der Waals surface area contributed by atoms with Crippen molar-refractivity contribution in [2.75, 3.05) is 30.8 Å². The smallest absolute Gasteiger partial charge is 0.271 e. The fourth-order valence-corrected chi connectivity index (χ4v) is 4.35. The van der Waals surface area contributed by atoms with Gasteiger partial charge in [0.05, 0.1) is 11.0 Å². The Morgan fingerprint density at radius 2 is 2.06 bits per heavy atom. The van der Waals surface area contributed by atoms with Gasteiger partial charge in [-0.2, -0.15) is 4.98 Å². The van der Waals surface area contributed by atoms with Gasteiger partial charge >= 0.3 is 0 Å². The molecule has 1 aromatic heterocycles. The minimum atomic E-state index is -0.158. The van der Waals surface area contributed by atoms with Crippen LogP contribution in [0, 0.1) is 0 Å². The van der Waals surface area contributed by atoms with Crippen LogP contribution in [0.1, 0.15) is 62.0 Å². The number of benzene rings is 1. The van der Waals surface area contributed by atoms with Gasteiger partial charge in [-0.05, 0) is 67.4 Å². The molecule has 0 saturated heterocycles. The average Bonchev–Trinajstić information content (AvgIpc) is 3.12. The third-order valence-electron chi connectivity index (χ3n) is 5.88. The van der Waals surface area contributed by atoms with Gasteiger partial charge in [0.2, 0.25) is 5.95 Å². The molecule has 0 aliphatic heterocycles. The number of nitrogens with one attached hydrogen (secondary N) is 4. The Bertz CT molecular complexity index is 910. The lowest BCUT2D eigenvalue weighted by Gasteiger charge is -2.24. The summed E-state index contributed by atoms with van der Waals surface area (Å²) < 4.78 is 2.57. The molecule has 32 heavy (non-hydrogen) atoms. The summed E-state index contributed by atoms with van der Waals surface area (Å²) in [6.07, 6.45) is 5.89. The Labute approximate surface area is 198 Å². The molecule has 1 aromatic carbocycles. The van der Waals surface area contributed by atoms with Gasteiger partial charge in [0.15, 0.2) is 11.5 Å². The van der Waals surface area contributed by atoms with Gasteiger partial charge < -0.3 is 26.4 Å². The van der Waals surface area contributed by atoms with E-state index in [1.165, 1.54) is 19.3 Å². The van der Waals surface area contributed by atoms with Gasteiger partial charge in [0, 0.05) is 25.2 Å². The summed E-state index contributed by atoms with van der Waals surface area (Å²) in [4.78, 5) is 18.0. The van der Waals surface area contributed by atoms with Crippen molar-refractivity contribution in [2.24, 2.45) is 0 Å². The monoisotopic (exact) mass is 506 g/mol. The lowest BCUT2D eigenvalue weighted by atomic mass is 9.96. The number of phenolic OH excluding ortho intramolecular Hbond substituents is 1. The van der Waals surface area contributed by atoms with Crippen LogP contribution < -0.4 is 21.3 Å². The topological polar surface area (TPSA) is 103 Å². The minimum Gasteiger partial charge on any atom is -0.507 e. The molecule has 0 bridgehead atoms. The van der Waals surface area contributed by atoms with Gasteiger partial charge in [-0.1, -0.05) is 25.3 Å². The molecule has 0 spiro atoms. The molecular formula is C23H35BrN6O2. The molecular weight excluding hydrogens is 472 g/mol. The van der Waals surface area contributed by atoms with Crippen LogP contribution in [0.4, 0.5) is 11.8 Å². The van der Waals surface area contributed by atoms with Gasteiger partial charge in [-0.25, -0.2) is 0 Å². The van der Waals surface area contributed by atoms with Crippen LogP contribution in [0.2, 0.25) is 0 Å². The van der Waals surface area contributed by atoms with Crippen molar-refractivity contribution in [2.45, 2.75) is 64.6 Å². The van der Waals surface area contributed by atoms with Gasteiger partial charge in [-0.15, -0.1) is 0 Å². The van der Waals surface area contributed by atoms with E-state index in [9.17, 15) is 9.90 Å². The molecule has 176 valence electrons. The summed E-state index contributed by atoms with van der Waals surface area (Å²) in [7, 11) is 1.91. The summed E-state index contributed by atoms with van der Waals surface area (Å²) >= 11 is 3.39. The van der Waals surface area contributed by atoms with Crippen LogP contribution in [-0.2, 0) is 6.54 Å². The van der Waals surface area contributed by atoms with Crippen molar-refractivity contribution in [3.8, 4) is 5.75 Å². The Hall–Kier alpha value is -2.26. The highest BCUT2D eigenvalue weighted by Gasteiger charge is 2.25. The van der Waals surface area contributed by atoms with Crippen LogP contribution in [0.25, 0.3) is 0 Å². The molecule has 1 atom stereocenters. The highest BCUT2D eigenvalue weighted by atomic mass is 79.9. The van der Waals surface area contributed by atoms with E-state index in [1.807, 2.05) is 30.7 Å². The number of phenols is 1. The lowest BCUT2D eigenvalue weighted by Crippen LogP contribution is -2.31. The van der Waals surface area contributed by atoms with Gasteiger partial charge in [-0.3, -0.25) is 9.36 Å². The second kappa shape index (κ2) is 11.6. The second-order valence-corrected chi connectivity index (χ2v) is 9.27. The number of likely N-dealkylation sites (N-methyl/N-ethyl adjacent to an activating group) is 1. The van der Waals surface area contributed by atoms with Crippen molar-refractivity contribution in [3.63, 3.8) is 0 Å². The molecule has 8 nitrogen and oxygen atoms in total. The van der Waals surface area contributed by atoms with E-state index in [-0.39, 0.29) is 17.7 Å². The highest BCUT2D eigenvalue weighted by Crippen LogP contribution is 2.29. The number of rotatable bonds is 10. The SMILES string of the molecule is CCNC(=O)c1c(NC[C@@H](C)NC)nc(NC2CCCCC2)n1Cc1ccc(O)c(Br)c1. The number of nitrogens with zero attached hydrogens (tertiary/aromatic N) is 2. The summed E-state index contributed by atoms with van der Waals surface area (Å²) in [5.74, 6) is 1.30. The Balaban J connectivity index is 2.01. The summed E-state index contributed by atoms with van der Waals surface area (Å²) in [5, 5.41) is 23.0. The van der Waals surface area contributed by atoms with Crippen LogP contribution in [0.5, 0.6) is 5.75 Å². The van der Waals surface area contributed by atoms with Gasteiger partial charge in [0.25, 0.3) is 5.91 Å². The van der Waals surface area contributed by atoms with Crippen LogP contribution in [0.15, 0.2) is 22.7 Å². The van der Waals surface area contributed by atoms with Crippen LogP contribution in [0.3, 0.4) is 0 Å². The first kappa shape index (κ1) is 24.4. The predicted molar refractivity (Wildman–Crippen MR) is 133 cm³/mol. The van der Waals surface area contributed by atoms with Crippen LogP contribution >= 0.6 is 15.9 Å². The third-order valence-corrected chi connectivity index (χ3v) is 6.51. The fraction of sp³-hybridized carbons (Fsp3) is 0.565. The average molecular weight is 507 g/mol. The zero-order valence-corrected chi connectivity index (χ0v) is 20.8.